The summed E-state index contributed by atoms with van der Waals surface area (Å²) in [4.78, 5) is 49.9. The molecule has 0 spiro atoms. The number of rotatable bonds is 16. The number of aliphatic hydroxyl groups is 4. The number of nitrogens with one attached hydrogen (secondary N) is 3. The second-order valence-electron chi connectivity index (χ2n) is 10.4. The van der Waals surface area contributed by atoms with Gasteiger partial charge in [-0.1, -0.05) is 74.5 Å². The number of carbonyl (C=O) groups is 4. The lowest BCUT2D eigenvalue weighted by molar-refractivity contribution is -0.145. The fraction of sp³-hybridized carbons (Fsp3) is 0.448. The van der Waals surface area contributed by atoms with E-state index in [0.29, 0.717) is 11.1 Å². The Bertz CT molecular complexity index is 1170. The van der Waals surface area contributed by atoms with Gasteiger partial charge >= 0.3 is 5.97 Å². The van der Waals surface area contributed by atoms with Gasteiger partial charge in [-0.2, -0.15) is 0 Å². The lowest BCUT2D eigenvalue weighted by Gasteiger charge is -2.31. The monoisotopic (exact) mass is 588 g/mol. The predicted octanol–water partition coefficient (Wildman–Crippen LogP) is -0.891. The van der Waals surface area contributed by atoms with Crippen LogP contribution < -0.4 is 21.7 Å². The first-order valence-corrected chi connectivity index (χ1v) is 13.5. The minimum absolute atomic E-state index is 0.0639. The molecule has 0 aromatic heterocycles. The van der Waals surface area contributed by atoms with Crippen LogP contribution in [0.5, 0.6) is 0 Å². The second-order valence-corrected chi connectivity index (χ2v) is 10.4. The van der Waals surface area contributed by atoms with Crippen molar-refractivity contribution in [3.63, 3.8) is 0 Å². The maximum Gasteiger partial charge on any atom is 0.305 e. The molecule has 13 nitrogen and oxygen atoms in total. The van der Waals surface area contributed by atoms with Gasteiger partial charge in [-0.05, 0) is 23.5 Å². The molecule has 2 aromatic rings. The molecule has 7 atom stereocenters. The van der Waals surface area contributed by atoms with E-state index < -0.39 is 79.2 Å². The molecule has 10 N–H and O–H groups in total. The number of aliphatic hydroxyl groups excluding tert-OH is 4. The van der Waals surface area contributed by atoms with Crippen LogP contribution in [0.15, 0.2) is 60.7 Å². The van der Waals surface area contributed by atoms with Crippen LogP contribution in [0.2, 0.25) is 0 Å². The topological polar surface area (TPSA) is 232 Å². The van der Waals surface area contributed by atoms with Gasteiger partial charge < -0.3 is 47.2 Å². The summed E-state index contributed by atoms with van der Waals surface area (Å²) in [5, 5.41) is 58.0. The van der Waals surface area contributed by atoms with Crippen LogP contribution in [0.3, 0.4) is 0 Å². The van der Waals surface area contributed by atoms with E-state index in [4.69, 9.17) is 5.73 Å². The van der Waals surface area contributed by atoms with E-state index in [2.05, 4.69) is 16.0 Å². The molecule has 0 fully saturated rings. The lowest BCUT2D eigenvalue weighted by atomic mass is 9.98. The number of carbonyl (C=O) groups excluding carboxylic acids is 3. The number of hydrogen-bond donors (Lipinski definition) is 9. The van der Waals surface area contributed by atoms with Gasteiger partial charge in [-0.3, -0.25) is 19.2 Å². The normalized spacial score (nSPS) is 16.3. The predicted molar refractivity (Wildman–Crippen MR) is 151 cm³/mol. The number of amides is 3. The average molecular weight is 589 g/mol. The molecule has 2 aromatic carbocycles. The minimum Gasteiger partial charge on any atom is -0.481 e. The van der Waals surface area contributed by atoms with Crippen LogP contribution in [0.1, 0.15) is 49.9 Å². The Morgan fingerprint density at radius 3 is 1.81 bits per heavy atom. The quantitative estimate of drug-likeness (QED) is 0.117. The van der Waals surface area contributed by atoms with E-state index in [-0.39, 0.29) is 12.3 Å². The van der Waals surface area contributed by atoms with Crippen molar-refractivity contribution < 1.29 is 44.7 Å². The Labute approximate surface area is 243 Å². The van der Waals surface area contributed by atoms with Crippen LogP contribution in [0.4, 0.5) is 0 Å². The van der Waals surface area contributed by atoms with Crippen LogP contribution in [-0.2, 0) is 19.2 Å². The van der Waals surface area contributed by atoms with Gasteiger partial charge in [-0.15, -0.1) is 0 Å². The summed E-state index contributed by atoms with van der Waals surface area (Å²) in [5.74, 6) is -3.91. The summed E-state index contributed by atoms with van der Waals surface area (Å²) in [6, 6.07) is 11.8. The highest BCUT2D eigenvalue weighted by molar-refractivity contribution is 5.90. The van der Waals surface area contributed by atoms with Crippen LogP contribution >= 0.6 is 0 Å². The Balaban J connectivity index is 2.09. The standard InChI is InChI=1S/C29H40N4O9/c1-16(2)13-20(32-28(41)23(30)18-11-7-4-8-12-18)27(40)33-21(15-34)24(37)25(38)26(39)29(42)31-19(14-22(35)36)17-9-5-3-6-10-17/h3-12,16,19-21,23-26,34,37-39H,13-15,30H2,1-2H3,(H,31,42)(H,32,41)(H,33,40)(H,35,36)/t19-,20-,21-,23-,24+,25+,26-/m0/s1. The molecule has 0 aliphatic heterocycles. The molecule has 0 saturated heterocycles. The van der Waals surface area contributed by atoms with Crippen molar-refractivity contribution in [1.82, 2.24) is 16.0 Å². The van der Waals surface area contributed by atoms with Crippen molar-refractivity contribution in [2.24, 2.45) is 11.7 Å². The molecule has 0 aliphatic carbocycles. The van der Waals surface area contributed by atoms with Crippen molar-refractivity contribution in [3.05, 3.63) is 71.8 Å². The molecule has 0 aliphatic rings. The molecule has 0 bridgehead atoms. The minimum atomic E-state index is -2.25. The molecule has 13 heteroatoms. The van der Waals surface area contributed by atoms with Gasteiger partial charge in [0, 0.05) is 0 Å². The molecule has 0 unspecified atom stereocenters. The largest absolute Gasteiger partial charge is 0.481 e. The first-order chi connectivity index (χ1) is 19.8. The molecule has 3 amide bonds. The maximum atomic E-state index is 13.1. The van der Waals surface area contributed by atoms with E-state index in [1.807, 2.05) is 13.8 Å². The number of aliphatic carboxylic acids is 1. The summed E-state index contributed by atoms with van der Waals surface area (Å²) >= 11 is 0. The highest BCUT2D eigenvalue weighted by Crippen LogP contribution is 2.18. The van der Waals surface area contributed by atoms with Gasteiger partial charge in [0.1, 0.15) is 24.3 Å². The molecular weight excluding hydrogens is 548 g/mol. The average Bonchev–Trinajstić information content (AvgIpc) is 2.97. The van der Waals surface area contributed by atoms with E-state index in [1.54, 1.807) is 60.7 Å². The van der Waals surface area contributed by atoms with Crippen molar-refractivity contribution >= 4 is 23.7 Å². The summed E-state index contributed by atoms with van der Waals surface area (Å²) in [7, 11) is 0. The van der Waals surface area contributed by atoms with Gasteiger partial charge in [0.25, 0.3) is 5.91 Å². The van der Waals surface area contributed by atoms with Gasteiger partial charge in [0.2, 0.25) is 11.8 Å². The van der Waals surface area contributed by atoms with Crippen molar-refractivity contribution in [1.29, 1.82) is 0 Å². The number of carboxylic acid groups (broad SMARTS) is 1. The highest BCUT2D eigenvalue weighted by Gasteiger charge is 2.37. The number of hydrogen-bond acceptors (Lipinski definition) is 9. The summed E-state index contributed by atoms with van der Waals surface area (Å²) in [6.07, 6.45) is -6.82. The molecular formula is C29H40N4O9. The highest BCUT2D eigenvalue weighted by atomic mass is 16.4. The van der Waals surface area contributed by atoms with Gasteiger partial charge in [0.15, 0.2) is 6.10 Å². The summed E-state index contributed by atoms with van der Waals surface area (Å²) in [6.45, 7) is 2.73. The molecule has 0 saturated carbocycles. The Morgan fingerprint density at radius 1 is 0.762 bits per heavy atom. The zero-order chi connectivity index (χ0) is 31.4. The summed E-state index contributed by atoms with van der Waals surface area (Å²) in [5.41, 5.74) is 6.99. The van der Waals surface area contributed by atoms with Crippen molar-refractivity contribution in [2.45, 2.75) is 69.2 Å². The van der Waals surface area contributed by atoms with E-state index in [1.165, 1.54) is 0 Å². The third-order valence-electron chi connectivity index (χ3n) is 6.56. The SMILES string of the molecule is CC(C)C[C@H](NC(=O)[C@@H](N)c1ccccc1)C(=O)N[C@@H](CO)[C@@H](O)[C@@H](O)[C@H](O)C(=O)N[C@@H](CC(=O)O)c1ccccc1. The fourth-order valence-corrected chi connectivity index (χ4v) is 4.25. The molecule has 0 heterocycles. The number of benzene rings is 2. The zero-order valence-corrected chi connectivity index (χ0v) is 23.5. The Hall–Kier alpha value is -3.88. The number of carboxylic acids is 1. The third-order valence-corrected chi connectivity index (χ3v) is 6.56. The van der Waals surface area contributed by atoms with Crippen LogP contribution in [0, 0.1) is 5.92 Å². The first kappa shape index (κ1) is 34.3. The molecule has 0 radical (unpaired) electrons. The third kappa shape index (κ3) is 10.2. The first-order valence-electron chi connectivity index (χ1n) is 13.5. The Kier molecular flexibility index (Phi) is 13.5. The molecule has 2 rings (SSSR count). The van der Waals surface area contributed by atoms with E-state index in [9.17, 15) is 44.7 Å². The fourth-order valence-electron chi connectivity index (χ4n) is 4.25. The van der Waals surface area contributed by atoms with Crippen LogP contribution in [-0.4, -0.2) is 86.2 Å². The van der Waals surface area contributed by atoms with Gasteiger partial charge in [-0.25, -0.2) is 0 Å². The summed E-state index contributed by atoms with van der Waals surface area (Å²) < 4.78 is 0. The van der Waals surface area contributed by atoms with Crippen molar-refractivity contribution in [3.8, 4) is 0 Å². The van der Waals surface area contributed by atoms with Crippen LogP contribution in [0.25, 0.3) is 0 Å². The van der Waals surface area contributed by atoms with E-state index >= 15 is 0 Å². The zero-order valence-electron chi connectivity index (χ0n) is 23.5. The van der Waals surface area contributed by atoms with E-state index in [0.717, 1.165) is 0 Å². The van der Waals surface area contributed by atoms with Crippen molar-refractivity contribution in [2.75, 3.05) is 6.61 Å². The smallest absolute Gasteiger partial charge is 0.305 e. The lowest BCUT2D eigenvalue weighted by Crippen LogP contribution is -2.59. The molecule has 230 valence electrons. The second kappa shape index (κ2) is 16.5. The Morgan fingerprint density at radius 2 is 1.31 bits per heavy atom. The molecule has 42 heavy (non-hydrogen) atoms. The van der Waals surface area contributed by atoms with Gasteiger partial charge in [0.05, 0.1) is 25.1 Å². The number of nitrogens with two attached hydrogens (primary N) is 1. The maximum absolute atomic E-state index is 13.1.